The third kappa shape index (κ3) is 4.54. The molecule has 3 aliphatic rings. The highest BCUT2D eigenvalue weighted by molar-refractivity contribution is 6.01. The van der Waals surface area contributed by atoms with Crippen molar-refractivity contribution in [2.45, 2.75) is 25.6 Å². The lowest BCUT2D eigenvalue weighted by atomic mass is 9.94. The fraction of sp³-hybridized carbons (Fsp3) is 0.500. The van der Waals surface area contributed by atoms with Crippen LogP contribution in [0, 0.1) is 0 Å². The first-order valence-corrected chi connectivity index (χ1v) is 10.8. The minimum Gasteiger partial charge on any atom is -0.378 e. The molecule has 1 aromatic carbocycles. The lowest BCUT2D eigenvalue weighted by Gasteiger charge is -2.33. The van der Waals surface area contributed by atoms with E-state index in [1.807, 2.05) is 0 Å². The van der Waals surface area contributed by atoms with E-state index in [0.717, 1.165) is 12.1 Å². The number of carbonyl (C=O) groups excluding carboxylic acids is 3. The number of rotatable bonds is 5. The Morgan fingerprint density at radius 3 is 2.42 bits per heavy atom. The Kier molecular flexibility index (Phi) is 6.33. The molecule has 0 spiro atoms. The molecule has 0 saturated carbocycles. The zero-order valence-electron chi connectivity index (χ0n) is 18.2. The molecule has 0 bridgehead atoms. The van der Waals surface area contributed by atoms with Crippen LogP contribution < -0.4 is 5.32 Å². The number of nitrogens with one attached hydrogen (secondary N) is 1. The summed E-state index contributed by atoms with van der Waals surface area (Å²) in [6, 6.07) is 3.15. The minimum absolute atomic E-state index is 0.0724. The van der Waals surface area contributed by atoms with Gasteiger partial charge >= 0.3 is 12.2 Å². The van der Waals surface area contributed by atoms with Crippen LogP contribution in [-0.2, 0) is 20.5 Å². The van der Waals surface area contributed by atoms with Gasteiger partial charge in [0.25, 0.3) is 5.91 Å². The smallest absolute Gasteiger partial charge is 0.378 e. The number of likely N-dealkylation sites (N-methyl/N-ethyl adjacent to an activating group) is 1. The molecule has 1 unspecified atom stereocenters. The van der Waals surface area contributed by atoms with E-state index >= 15 is 0 Å². The van der Waals surface area contributed by atoms with Gasteiger partial charge in [0.2, 0.25) is 5.91 Å². The summed E-state index contributed by atoms with van der Waals surface area (Å²) >= 11 is 0. The zero-order valence-corrected chi connectivity index (χ0v) is 18.2. The van der Waals surface area contributed by atoms with E-state index in [9.17, 15) is 27.6 Å². The van der Waals surface area contributed by atoms with Crippen molar-refractivity contribution < 1.29 is 32.3 Å². The normalized spacial score (nSPS) is 21.5. The summed E-state index contributed by atoms with van der Waals surface area (Å²) in [6.45, 7) is 4.46. The molecule has 33 heavy (non-hydrogen) atoms. The molecule has 1 fully saturated rings. The maximum atomic E-state index is 13.3. The van der Waals surface area contributed by atoms with Crippen LogP contribution in [0.1, 0.15) is 30.5 Å². The second-order valence-electron chi connectivity index (χ2n) is 8.08. The average Bonchev–Trinajstić information content (AvgIpc) is 3.13. The Hall–Kier alpha value is -3.08. The van der Waals surface area contributed by atoms with Gasteiger partial charge < -0.3 is 19.9 Å². The van der Waals surface area contributed by atoms with Crippen molar-refractivity contribution in [2.24, 2.45) is 0 Å². The molecular weight excluding hydrogens is 441 g/mol. The first kappa shape index (κ1) is 23.1. The Morgan fingerprint density at radius 2 is 1.82 bits per heavy atom. The Bertz CT molecular complexity index is 971. The molecule has 178 valence electrons. The van der Waals surface area contributed by atoms with Crippen LogP contribution in [0.2, 0.25) is 0 Å². The summed E-state index contributed by atoms with van der Waals surface area (Å²) in [5, 5.41) is 2.74. The molecule has 3 aliphatic heterocycles. The standard InChI is InChI=1S/C22H25F3N4O4/c1-2-29-16-13-28(8-7-17(30)27-9-11-33-12-10-27)20(31)18(16)19(26-21(29)32)14-3-5-15(6-4-14)22(23,24)25/h3-6,19H,2,7-13H2,1H3,(H,26,32). The van der Waals surface area contributed by atoms with E-state index in [0.29, 0.717) is 49.7 Å². The highest BCUT2D eigenvalue weighted by atomic mass is 19.4. The molecule has 3 heterocycles. The van der Waals surface area contributed by atoms with Gasteiger partial charge in [-0.2, -0.15) is 13.2 Å². The molecule has 1 atom stereocenters. The van der Waals surface area contributed by atoms with Crippen LogP contribution in [0.3, 0.4) is 0 Å². The van der Waals surface area contributed by atoms with Crippen LogP contribution in [-0.4, -0.2) is 78.5 Å². The topological polar surface area (TPSA) is 82.2 Å². The highest BCUT2D eigenvalue weighted by Gasteiger charge is 2.43. The Morgan fingerprint density at radius 1 is 1.15 bits per heavy atom. The maximum absolute atomic E-state index is 13.3. The molecule has 1 saturated heterocycles. The van der Waals surface area contributed by atoms with Gasteiger partial charge in [-0.05, 0) is 24.6 Å². The number of carbonyl (C=O) groups is 3. The van der Waals surface area contributed by atoms with Gasteiger partial charge in [0, 0.05) is 32.6 Å². The lowest BCUT2D eigenvalue weighted by Crippen LogP contribution is -2.47. The van der Waals surface area contributed by atoms with Crippen LogP contribution in [0.25, 0.3) is 0 Å². The van der Waals surface area contributed by atoms with Crippen molar-refractivity contribution in [2.75, 3.05) is 45.9 Å². The van der Waals surface area contributed by atoms with Crippen LogP contribution in [0.15, 0.2) is 35.5 Å². The van der Waals surface area contributed by atoms with E-state index in [1.165, 1.54) is 21.9 Å². The number of ether oxygens (including phenoxy) is 1. The number of nitrogens with zero attached hydrogens (tertiary/aromatic N) is 3. The van der Waals surface area contributed by atoms with Gasteiger partial charge in [-0.25, -0.2) is 4.79 Å². The number of halogens is 3. The molecule has 0 aliphatic carbocycles. The largest absolute Gasteiger partial charge is 0.416 e. The molecule has 4 amide bonds. The Labute approximate surface area is 188 Å². The summed E-state index contributed by atoms with van der Waals surface area (Å²) in [7, 11) is 0. The van der Waals surface area contributed by atoms with Crippen molar-refractivity contribution in [3.63, 3.8) is 0 Å². The number of urea groups is 1. The number of hydrogen-bond acceptors (Lipinski definition) is 4. The second kappa shape index (κ2) is 9.05. The van der Waals surface area contributed by atoms with E-state index in [1.54, 1.807) is 11.8 Å². The number of alkyl halides is 3. The van der Waals surface area contributed by atoms with E-state index < -0.39 is 23.8 Å². The SMILES string of the molecule is CCN1C(=O)NC(c2ccc(C(F)(F)F)cc2)C2=C1CN(CCC(=O)N1CCOCC1)C2=O. The average molecular weight is 466 g/mol. The van der Waals surface area contributed by atoms with Crippen LogP contribution in [0.4, 0.5) is 18.0 Å². The number of benzene rings is 1. The molecule has 0 radical (unpaired) electrons. The number of morpholine rings is 1. The molecule has 1 aromatic rings. The van der Waals surface area contributed by atoms with Crippen molar-refractivity contribution in [3.05, 3.63) is 46.7 Å². The van der Waals surface area contributed by atoms with Gasteiger partial charge in [0.05, 0.1) is 42.6 Å². The molecule has 1 N–H and O–H groups in total. The Balaban J connectivity index is 1.53. The van der Waals surface area contributed by atoms with Gasteiger partial charge in [0.1, 0.15) is 0 Å². The third-order valence-electron chi connectivity index (χ3n) is 6.14. The molecule has 8 nitrogen and oxygen atoms in total. The summed E-state index contributed by atoms with van der Waals surface area (Å²) in [4.78, 5) is 43.1. The third-order valence-corrected chi connectivity index (χ3v) is 6.14. The summed E-state index contributed by atoms with van der Waals surface area (Å²) < 4.78 is 44.1. The van der Waals surface area contributed by atoms with E-state index in [4.69, 9.17) is 4.74 Å². The van der Waals surface area contributed by atoms with E-state index in [2.05, 4.69) is 5.32 Å². The minimum atomic E-state index is -4.48. The quantitative estimate of drug-likeness (QED) is 0.721. The summed E-state index contributed by atoms with van der Waals surface area (Å²) in [6.07, 6.45) is -4.34. The molecule has 0 aromatic heterocycles. The van der Waals surface area contributed by atoms with E-state index in [-0.39, 0.29) is 31.3 Å². The fourth-order valence-corrected chi connectivity index (χ4v) is 4.38. The monoisotopic (exact) mass is 466 g/mol. The van der Waals surface area contributed by atoms with Crippen molar-refractivity contribution >= 4 is 17.8 Å². The summed E-state index contributed by atoms with van der Waals surface area (Å²) in [5.41, 5.74) is 0.433. The second-order valence-corrected chi connectivity index (χ2v) is 8.08. The molecular formula is C22H25F3N4O4. The van der Waals surface area contributed by atoms with Gasteiger partial charge in [-0.15, -0.1) is 0 Å². The van der Waals surface area contributed by atoms with Crippen molar-refractivity contribution in [1.29, 1.82) is 0 Å². The zero-order chi connectivity index (χ0) is 23.8. The summed E-state index contributed by atoms with van der Waals surface area (Å²) in [5.74, 6) is -0.403. The van der Waals surface area contributed by atoms with Crippen molar-refractivity contribution in [3.8, 4) is 0 Å². The van der Waals surface area contributed by atoms with Crippen LogP contribution >= 0.6 is 0 Å². The van der Waals surface area contributed by atoms with Gasteiger partial charge in [-0.1, -0.05) is 12.1 Å². The van der Waals surface area contributed by atoms with Crippen molar-refractivity contribution in [1.82, 2.24) is 20.0 Å². The molecule has 4 rings (SSSR count). The fourth-order valence-electron chi connectivity index (χ4n) is 4.38. The predicted octanol–water partition coefficient (Wildman–Crippen LogP) is 2.14. The number of hydrogen-bond donors (Lipinski definition) is 1. The van der Waals surface area contributed by atoms with Gasteiger partial charge in [0.15, 0.2) is 0 Å². The maximum Gasteiger partial charge on any atom is 0.416 e. The van der Waals surface area contributed by atoms with Gasteiger partial charge in [-0.3, -0.25) is 14.5 Å². The predicted molar refractivity (Wildman–Crippen MR) is 111 cm³/mol. The highest BCUT2D eigenvalue weighted by Crippen LogP contribution is 2.37. The first-order valence-electron chi connectivity index (χ1n) is 10.8. The lowest BCUT2D eigenvalue weighted by molar-refractivity contribution is -0.138. The van der Waals surface area contributed by atoms with Crippen LogP contribution in [0.5, 0.6) is 0 Å². The first-order chi connectivity index (χ1) is 15.7. The molecule has 11 heteroatoms. The number of amides is 4.